The lowest BCUT2D eigenvalue weighted by Gasteiger charge is -2.04. The summed E-state index contributed by atoms with van der Waals surface area (Å²) >= 11 is 0. The van der Waals surface area contributed by atoms with Crippen LogP contribution in [-0.4, -0.2) is 16.7 Å². The molecular weight excluding hydrogens is 177 g/mol. The summed E-state index contributed by atoms with van der Waals surface area (Å²) in [5, 5.41) is 19.3. The molecular formula is C8H8FNO3. The standard InChI is InChI=1S/C8H8FNO3/c9-5-8(11)6-2-1-3-7(4-6)10(12)13/h1-4,8,11H,5H2/t8-/m1/s1. The minimum absolute atomic E-state index is 0.148. The van der Waals surface area contributed by atoms with Gasteiger partial charge in [-0.3, -0.25) is 10.1 Å². The summed E-state index contributed by atoms with van der Waals surface area (Å²) in [4.78, 5) is 9.71. The van der Waals surface area contributed by atoms with Crippen LogP contribution in [0.25, 0.3) is 0 Å². The molecule has 0 aliphatic heterocycles. The molecule has 70 valence electrons. The zero-order valence-corrected chi connectivity index (χ0v) is 6.68. The number of nitro groups is 1. The number of nitrogens with zero attached hydrogens (tertiary/aromatic N) is 1. The fraction of sp³-hybridized carbons (Fsp3) is 0.250. The van der Waals surface area contributed by atoms with Crippen LogP contribution in [0.15, 0.2) is 24.3 Å². The second kappa shape index (κ2) is 3.95. The molecule has 0 saturated carbocycles. The van der Waals surface area contributed by atoms with E-state index in [0.717, 1.165) is 6.07 Å². The summed E-state index contributed by atoms with van der Waals surface area (Å²) in [5.74, 6) is 0. The second-order valence-electron chi connectivity index (χ2n) is 2.52. The Hall–Kier alpha value is -1.49. The van der Waals surface area contributed by atoms with Crippen LogP contribution in [0.3, 0.4) is 0 Å². The Morgan fingerprint density at radius 1 is 1.62 bits per heavy atom. The van der Waals surface area contributed by atoms with Gasteiger partial charge in [0.25, 0.3) is 5.69 Å². The lowest BCUT2D eigenvalue weighted by atomic mass is 10.1. The lowest BCUT2D eigenvalue weighted by molar-refractivity contribution is -0.385. The van der Waals surface area contributed by atoms with E-state index in [-0.39, 0.29) is 11.3 Å². The van der Waals surface area contributed by atoms with E-state index in [1.165, 1.54) is 18.2 Å². The molecule has 0 unspecified atom stereocenters. The molecule has 0 fully saturated rings. The number of alkyl halides is 1. The highest BCUT2D eigenvalue weighted by Crippen LogP contribution is 2.19. The SMILES string of the molecule is O=[N+]([O-])c1cccc([C@H](O)CF)c1. The Bertz CT molecular complexity index is 316. The van der Waals surface area contributed by atoms with E-state index in [2.05, 4.69) is 0 Å². The van der Waals surface area contributed by atoms with Crippen LogP contribution in [0.5, 0.6) is 0 Å². The highest BCUT2D eigenvalue weighted by atomic mass is 19.1. The van der Waals surface area contributed by atoms with Crippen LogP contribution < -0.4 is 0 Å². The van der Waals surface area contributed by atoms with Crippen LogP contribution in [-0.2, 0) is 0 Å². The molecule has 0 amide bonds. The van der Waals surface area contributed by atoms with Crippen molar-refractivity contribution in [2.24, 2.45) is 0 Å². The minimum atomic E-state index is -1.28. The smallest absolute Gasteiger partial charge is 0.269 e. The highest BCUT2D eigenvalue weighted by molar-refractivity contribution is 5.35. The third-order valence-corrected chi connectivity index (χ3v) is 1.61. The van der Waals surface area contributed by atoms with Crippen molar-refractivity contribution in [1.29, 1.82) is 0 Å². The molecule has 0 heterocycles. The molecule has 1 N–H and O–H groups in total. The van der Waals surface area contributed by atoms with Gasteiger partial charge in [0.1, 0.15) is 12.8 Å². The summed E-state index contributed by atoms with van der Waals surface area (Å²) in [6.07, 6.45) is -1.28. The first-order valence-corrected chi connectivity index (χ1v) is 3.63. The average Bonchev–Trinajstić information content (AvgIpc) is 2.17. The van der Waals surface area contributed by atoms with Crippen LogP contribution in [0, 0.1) is 10.1 Å². The normalized spacial score (nSPS) is 12.5. The van der Waals surface area contributed by atoms with Gasteiger partial charge >= 0.3 is 0 Å². The fourth-order valence-corrected chi connectivity index (χ4v) is 0.935. The van der Waals surface area contributed by atoms with Crippen molar-refractivity contribution in [3.63, 3.8) is 0 Å². The highest BCUT2D eigenvalue weighted by Gasteiger charge is 2.11. The zero-order valence-electron chi connectivity index (χ0n) is 6.68. The molecule has 1 atom stereocenters. The largest absolute Gasteiger partial charge is 0.386 e. The Morgan fingerprint density at radius 3 is 2.85 bits per heavy atom. The van der Waals surface area contributed by atoms with Gasteiger partial charge < -0.3 is 5.11 Å². The van der Waals surface area contributed by atoms with Crippen molar-refractivity contribution in [1.82, 2.24) is 0 Å². The number of aliphatic hydroxyl groups is 1. The van der Waals surface area contributed by atoms with Crippen molar-refractivity contribution in [2.45, 2.75) is 6.10 Å². The number of hydrogen-bond donors (Lipinski definition) is 1. The molecule has 0 aliphatic rings. The molecule has 13 heavy (non-hydrogen) atoms. The van der Waals surface area contributed by atoms with Crippen molar-refractivity contribution in [2.75, 3.05) is 6.67 Å². The van der Waals surface area contributed by atoms with Gasteiger partial charge in [0, 0.05) is 12.1 Å². The van der Waals surface area contributed by atoms with E-state index in [1.807, 2.05) is 0 Å². The molecule has 0 saturated heterocycles. The van der Waals surface area contributed by atoms with Gasteiger partial charge in [-0.15, -0.1) is 0 Å². The van der Waals surface area contributed by atoms with Crippen LogP contribution in [0.4, 0.5) is 10.1 Å². The zero-order chi connectivity index (χ0) is 9.84. The maximum atomic E-state index is 12.0. The molecule has 1 rings (SSSR count). The Kier molecular flexibility index (Phi) is 2.92. The third kappa shape index (κ3) is 2.22. The summed E-state index contributed by atoms with van der Waals surface area (Å²) < 4.78 is 12.0. The first kappa shape index (κ1) is 9.60. The molecule has 0 bridgehead atoms. The Morgan fingerprint density at radius 2 is 2.31 bits per heavy atom. The second-order valence-corrected chi connectivity index (χ2v) is 2.52. The predicted molar refractivity (Wildman–Crippen MR) is 44.0 cm³/mol. The summed E-state index contributed by atoms with van der Waals surface area (Å²) in [7, 11) is 0. The van der Waals surface area contributed by atoms with Crippen molar-refractivity contribution >= 4 is 5.69 Å². The topological polar surface area (TPSA) is 63.4 Å². The van der Waals surface area contributed by atoms with Gasteiger partial charge in [0.2, 0.25) is 0 Å². The van der Waals surface area contributed by atoms with E-state index in [4.69, 9.17) is 5.11 Å². The van der Waals surface area contributed by atoms with Gasteiger partial charge in [-0.2, -0.15) is 0 Å². The molecule has 4 nitrogen and oxygen atoms in total. The number of halogens is 1. The summed E-state index contributed by atoms with van der Waals surface area (Å²) in [6.45, 7) is -0.943. The monoisotopic (exact) mass is 185 g/mol. The van der Waals surface area contributed by atoms with E-state index in [9.17, 15) is 14.5 Å². The molecule has 0 spiro atoms. The van der Waals surface area contributed by atoms with Crippen molar-refractivity contribution in [3.8, 4) is 0 Å². The number of hydrogen-bond acceptors (Lipinski definition) is 3. The van der Waals surface area contributed by atoms with E-state index in [0.29, 0.717) is 0 Å². The number of benzene rings is 1. The van der Waals surface area contributed by atoms with Gasteiger partial charge in [0.15, 0.2) is 0 Å². The first-order chi connectivity index (χ1) is 6.15. The molecule has 5 heteroatoms. The maximum Gasteiger partial charge on any atom is 0.269 e. The van der Waals surface area contributed by atoms with Gasteiger partial charge in [-0.1, -0.05) is 12.1 Å². The number of nitro benzene ring substituents is 1. The van der Waals surface area contributed by atoms with Crippen LogP contribution in [0.2, 0.25) is 0 Å². The van der Waals surface area contributed by atoms with Crippen LogP contribution in [0.1, 0.15) is 11.7 Å². The molecule has 0 aromatic heterocycles. The Balaban J connectivity index is 2.98. The van der Waals surface area contributed by atoms with Crippen molar-refractivity contribution < 1.29 is 14.4 Å². The maximum absolute atomic E-state index is 12.0. The van der Waals surface area contributed by atoms with E-state index in [1.54, 1.807) is 0 Å². The van der Waals surface area contributed by atoms with Crippen molar-refractivity contribution in [3.05, 3.63) is 39.9 Å². The molecule has 1 aromatic rings. The number of rotatable bonds is 3. The quantitative estimate of drug-likeness (QED) is 0.574. The first-order valence-electron chi connectivity index (χ1n) is 3.63. The van der Waals surface area contributed by atoms with Gasteiger partial charge in [0.05, 0.1) is 4.92 Å². The molecule has 0 aliphatic carbocycles. The summed E-state index contributed by atoms with van der Waals surface area (Å²) in [6, 6.07) is 5.29. The molecule has 0 radical (unpaired) electrons. The van der Waals surface area contributed by atoms with Gasteiger partial charge in [-0.25, -0.2) is 4.39 Å². The predicted octanol–water partition coefficient (Wildman–Crippen LogP) is 1.60. The Labute approximate surface area is 73.8 Å². The van der Waals surface area contributed by atoms with E-state index < -0.39 is 17.7 Å². The number of aliphatic hydroxyl groups excluding tert-OH is 1. The average molecular weight is 185 g/mol. The van der Waals surface area contributed by atoms with Crippen LogP contribution >= 0.6 is 0 Å². The van der Waals surface area contributed by atoms with Gasteiger partial charge in [-0.05, 0) is 5.56 Å². The molecule has 1 aromatic carbocycles. The fourth-order valence-electron chi connectivity index (χ4n) is 0.935. The lowest BCUT2D eigenvalue weighted by Crippen LogP contribution is -1.99. The third-order valence-electron chi connectivity index (χ3n) is 1.61. The minimum Gasteiger partial charge on any atom is -0.386 e. The van der Waals surface area contributed by atoms with E-state index >= 15 is 0 Å². The number of non-ortho nitro benzene ring substituents is 1. The summed E-state index contributed by atoms with van der Waals surface area (Å²) in [5.41, 5.74) is 0.0710.